The number of aromatic nitrogens is 4. The smallest absolute Gasteiger partial charge is 0.167 e. The van der Waals surface area contributed by atoms with Gasteiger partial charge in [0, 0.05) is 6.04 Å². The van der Waals surface area contributed by atoms with Crippen LogP contribution in [0.5, 0.6) is 0 Å². The summed E-state index contributed by atoms with van der Waals surface area (Å²) in [7, 11) is 0. The van der Waals surface area contributed by atoms with E-state index >= 15 is 0 Å². The Morgan fingerprint density at radius 1 is 1.15 bits per heavy atom. The number of hydrogen-bond acceptors (Lipinski definition) is 9. The zero-order valence-electron chi connectivity index (χ0n) is 15.1. The molecule has 2 aromatic heterocycles. The molecule has 3 heterocycles. The predicted molar refractivity (Wildman–Crippen MR) is 95.0 cm³/mol. The van der Waals surface area contributed by atoms with Crippen molar-refractivity contribution in [3.05, 3.63) is 12.2 Å². The van der Waals surface area contributed by atoms with Crippen molar-refractivity contribution < 1.29 is 25.2 Å². The number of nitrogens with one attached hydrogen (secondary N) is 1. The molecule has 5 N–H and O–H groups in total. The van der Waals surface area contributed by atoms with Crippen molar-refractivity contribution >= 4 is 17.0 Å². The quantitative estimate of drug-likeness (QED) is 0.473. The van der Waals surface area contributed by atoms with Crippen LogP contribution >= 0.6 is 0 Å². The maximum absolute atomic E-state index is 10.3. The molecule has 0 radical (unpaired) electrons. The zero-order valence-corrected chi connectivity index (χ0v) is 15.1. The fourth-order valence-electron chi connectivity index (χ4n) is 3.84. The Bertz CT molecular complexity index is 806. The van der Waals surface area contributed by atoms with E-state index in [0.29, 0.717) is 22.8 Å². The number of nitrogens with zero attached hydrogens (tertiary/aromatic N) is 4. The van der Waals surface area contributed by atoms with E-state index in [2.05, 4.69) is 20.3 Å². The van der Waals surface area contributed by atoms with Crippen LogP contribution in [0.2, 0.25) is 0 Å². The minimum atomic E-state index is -1.20. The average molecular weight is 379 g/mol. The molecule has 4 atom stereocenters. The lowest BCUT2D eigenvalue weighted by Gasteiger charge is -2.26. The first kappa shape index (κ1) is 18.5. The Balaban J connectivity index is 1.64. The maximum atomic E-state index is 10.3. The molecule has 2 aromatic rings. The van der Waals surface area contributed by atoms with Crippen LogP contribution in [0.25, 0.3) is 11.2 Å². The largest absolute Gasteiger partial charge is 0.394 e. The van der Waals surface area contributed by atoms with E-state index < -0.39 is 31.1 Å². The summed E-state index contributed by atoms with van der Waals surface area (Å²) in [6.07, 6.45) is 0.311. The average Bonchev–Trinajstić information content (AvgIpc) is 3.18. The molecule has 0 amide bonds. The summed E-state index contributed by atoms with van der Waals surface area (Å²) < 4.78 is 7.15. The summed E-state index contributed by atoms with van der Waals surface area (Å²) in [4.78, 5) is 13.3. The van der Waals surface area contributed by atoms with Crippen LogP contribution in [0.4, 0.5) is 5.82 Å². The molecule has 0 spiro atoms. The second kappa shape index (κ2) is 7.28. The Morgan fingerprint density at radius 2 is 1.89 bits per heavy atom. The van der Waals surface area contributed by atoms with E-state index in [9.17, 15) is 20.4 Å². The Kier molecular flexibility index (Phi) is 4.99. The molecule has 4 rings (SSSR count). The van der Waals surface area contributed by atoms with E-state index in [1.807, 2.05) is 0 Å². The fourth-order valence-corrected chi connectivity index (χ4v) is 3.84. The number of ether oxygens (including phenoxy) is 1. The van der Waals surface area contributed by atoms with Crippen molar-refractivity contribution in [1.29, 1.82) is 0 Å². The van der Waals surface area contributed by atoms with Crippen molar-refractivity contribution in [3.8, 4) is 0 Å². The van der Waals surface area contributed by atoms with Crippen molar-refractivity contribution in [2.75, 3.05) is 11.9 Å². The summed E-state index contributed by atoms with van der Waals surface area (Å²) in [6, 6.07) is 0.199. The minimum Gasteiger partial charge on any atom is -0.394 e. The first-order valence-electron chi connectivity index (χ1n) is 9.26. The molecule has 0 bridgehead atoms. The van der Waals surface area contributed by atoms with Crippen LogP contribution in [0.15, 0.2) is 6.33 Å². The SMILES string of the molecule is Cc1nc(NC2CCC(O)CC2)c2ncn([C@@H]3O[C@H](CO)C(O)C3O)c2n1. The van der Waals surface area contributed by atoms with Crippen LogP contribution in [0, 0.1) is 6.92 Å². The van der Waals surface area contributed by atoms with Gasteiger partial charge in [0.2, 0.25) is 0 Å². The van der Waals surface area contributed by atoms with Gasteiger partial charge in [0.1, 0.15) is 24.1 Å². The van der Waals surface area contributed by atoms with Gasteiger partial charge in [-0.2, -0.15) is 0 Å². The fraction of sp³-hybridized carbons (Fsp3) is 0.706. The Hall–Kier alpha value is -1.85. The summed E-state index contributed by atoms with van der Waals surface area (Å²) >= 11 is 0. The summed E-state index contributed by atoms with van der Waals surface area (Å²) in [5.74, 6) is 1.14. The molecule has 1 saturated heterocycles. The van der Waals surface area contributed by atoms with Crippen molar-refractivity contribution in [3.63, 3.8) is 0 Å². The van der Waals surface area contributed by atoms with Gasteiger partial charge in [-0.3, -0.25) is 4.57 Å². The van der Waals surface area contributed by atoms with Gasteiger partial charge in [-0.15, -0.1) is 0 Å². The highest BCUT2D eigenvalue weighted by molar-refractivity contribution is 5.83. The second-order valence-electron chi connectivity index (χ2n) is 7.32. The highest BCUT2D eigenvalue weighted by Crippen LogP contribution is 2.33. The lowest BCUT2D eigenvalue weighted by Crippen LogP contribution is -2.33. The van der Waals surface area contributed by atoms with E-state index in [0.717, 1.165) is 25.7 Å². The molecule has 0 aromatic carbocycles. The Morgan fingerprint density at radius 3 is 2.56 bits per heavy atom. The molecule has 2 fully saturated rings. The zero-order chi connectivity index (χ0) is 19.1. The molecule has 2 aliphatic rings. The van der Waals surface area contributed by atoms with Crippen LogP contribution in [0.1, 0.15) is 37.7 Å². The topological polar surface area (TPSA) is 146 Å². The third kappa shape index (κ3) is 3.39. The van der Waals surface area contributed by atoms with Crippen LogP contribution in [-0.4, -0.2) is 77.0 Å². The number of anilines is 1. The summed E-state index contributed by atoms with van der Waals surface area (Å²) in [6.45, 7) is 1.37. The van der Waals surface area contributed by atoms with E-state index in [-0.39, 0.29) is 12.1 Å². The number of fused-ring (bicyclic) bond motifs is 1. The van der Waals surface area contributed by atoms with Crippen LogP contribution in [-0.2, 0) is 4.74 Å². The molecule has 10 heteroatoms. The summed E-state index contributed by atoms with van der Waals surface area (Å²) in [5.41, 5.74) is 1.03. The minimum absolute atomic E-state index is 0.199. The van der Waals surface area contributed by atoms with Crippen molar-refractivity contribution in [1.82, 2.24) is 19.5 Å². The molecule has 10 nitrogen and oxygen atoms in total. The highest BCUT2D eigenvalue weighted by atomic mass is 16.6. The van der Waals surface area contributed by atoms with Gasteiger partial charge in [0.15, 0.2) is 23.2 Å². The second-order valence-corrected chi connectivity index (χ2v) is 7.32. The van der Waals surface area contributed by atoms with Gasteiger partial charge >= 0.3 is 0 Å². The van der Waals surface area contributed by atoms with Crippen LogP contribution in [0.3, 0.4) is 0 Å². The monoisotopic (exact) mass is 379 g/mol. The van der Waals surface area contributed by atoms with Gasteiger partial charge in [0.05, 0.1) is 19.0 Å². The van der Waals surface area contributed by atoms with Crippen molar-refractivity contribution in [2.24, 2.45) is 0 Å². The van der Waals surface area contributed by atoms with Crippen molar-refractivity contribution in [2.45, 2.75) is 69.3 Å². The number of aryl methyl sites for hydroxylation is 1. The van der Waals surface area contributed by atoms with E-state index in [1.54, 1.807) is 11.5 Å². The molecule has 148 valence electrons. The molecule has 1 aliphatic carbocycles. The highest BCUT2D eigenvalue weighted by Gasteiger charge is 2.44. The van der Waals surface area contributed by atoms with Gasteiger partial charge in [-0.05, 0) is 32.6 Å². The molecule has 27 heavy (non-hydrogen) atoms. The third-order valence-electron chi connectivity index (χ3n) is 5.36. The Labute approximate surface area is 155 Å². The first-order chi connectivity index (χ1) is 13.0. The molecular weight excluding hydrogens is 354 g/mol. The number of aliphatic hydroxyl groups excluding tert-OH is 4. The molecule has 1 aliphatic heterocycles. The lowest BCUT2D eigenvalue weighted by molar-refractivity contribution is -0.0511. The molecule has 2 unspecified atom stereocenters. The van der Waals surface area contributed by atoms with Gasteiger partial charge < -0.3 is 30.5 Å². The predicted octanol–water partition coefficient (Wildman–Crippen LogP) is -0.538. The van der Waals surface area contributed by atoms with E-state index in [1.165, 1.54) is 6.33 Å². The molecule has 1 saturated carbocycles. The number of aliphatic hydroxyl groups is 4. The first-order valence-corrected chi connectivity index (χ1v) is 9.26. The van der Waals surface area contributed by atoms with Gasteiger partial charge in [-0.1, -0.05) is 0 Å². The number of rotatable bonds is 4. The number of imidazole rings is 1. The number of hydrogen-bond donors (Lipinski definition) is 5. The third-order valence-corrected chi connectivity index (χ3v) is 5.36. The van der Waals surface area contributed by atoms with Crippen LogP contribution < -0.4 is 5.32 Å². The van der Waals surface area contributed by atoms with Gasteiger partial charge in [0.25, 0.3) is 0 Å². The standard InChI is InChI=1S/C17H25N5O5/c1-8-19-15(21-9-2-4-10(24)5-3-9)12-16(20-8)22(7-18-12)17-14(26)13(25)11(6-23)27-17/h7,9-11,13-14,17,23-26H,2-6H2,1H3,(H,19,20,21)/t9?,10?,11-,13?,14?,17-/m1/s1. The summed E-state index contributed by atoms with van der Waals surface area (Å²) in [5, 5.41) is 42.7. The normalized spacial score (nSPS) is 34.3. The molecular formula is C17H25N5O5. The maximum Gasteiger partial charge on any atom is 0.167 e. The van der Waals surface area contributed by atoms with E-state index in [4.69, 9.17) is 4.74 Å². The van der Waals surface area contributed by atoms with Gasteiger partial charge in [-0.25, -0.2) is 15.0 Å². The lowest BCUT2D eigenvalue weighted by atomic mass is 9.93.